The zero-order valence-electron chi connectivity index (χ0n) is 11.2. The summed E-state index contributed by atoms with van der Waals surface area (Å²) >= 11 is 1.61. The first-order valence-corrected chi connectivity index (χ1v) is 7.20. The molecule has 0 fully saturated rings. The van der Waals surface area contributed by atoms with E-state index in [1.807, 2.05) is 6.07 Å². The van der Waals surface area contributed by atoms with Crippen molar-refractivity contribution in [2.24, 2.45) is 0 Å². The minimum Gasteiger partial charge on any atom is -0.392 e. The minimum atomic E-state index is -0.472. The summed E-state index contributed by atoms with van der Waals surface area (Å²) in [4.78, 5) is 13.3. The summed E-state index contributed by atoms with van der Waals surface area (Å²) in [5, 5.41) is 9.20. The van der Waals surface area contributed by atoms with Crippen molar-refractivity contribution in [1.82, 2.24) is 4.90 Å². The van der Waals surface area contributed by atoms with Crippen LogP contribution < -0.4 is 0 Å². The van der Waals surface area contributed by atoms with Crippen molar-refractivity contribution in [3.05, 3.63) is 35.4 Å². The fraction of sp³-hybridized carbons (Fsp3) is 0.500. The highest BCUT2D eigenvalue weighted by molar-refractivity contribution is 7.99. The summed E-state index contributed by atoms with van der Waals surface area (Å²) in [6.07, 6.45) is -0.472. The molecule has 0 heterocycles. The summed E-state index contributed by atoms with van der Waals surface area (Å²) in [6.45, 7) is 4.14. The molecule has 1 aromatic rings. The molecule has 100 valence electrons. The number of rotatable bonds is 6. The highest BCUT2D eigenvalue weighted by Crippen LogP contribution is 2.13. The Bertz CT molecular complexity index is 393. The number of hydrogen-bond donors (Lipinski definition) is 1. The van der Waals surface area contributed by atoms with Gasteiger partial charge in [-0.05, 0) is 19.4 Å². The minimum absolute atomic E-state index is 0.0635. The molecule has 0 aromatic heterocycles. The number of carbonyl (C=O) groups is 1. The molecule has 1 unspecified atom stereocenters. The first kappa shape index (κ1) is 15.1. The molecule has 0 radical (unpaired) electrons. The molecule has 0 saturated carbocycles. The highest BCUT2D eigenvalue weighted by atomic mass is 32.2. The Hall–Kier alpha value is -1.00. The van der Waals surface area contributed by atoms with Gasteiger partial charge in [0.1, 0.15) is 0 Å². The molecular weight excluding hydrogens is 246 g/mol. The largest absolute Gasteiger partial charge is 0.392 e. The van der Waals surface area contributed by atoms with E-state index in [-0.39, 0.29) is 5.91 Å². The van der Waals surface area contributed by atoms with Gasteiger partial charge in [-0.15, -0.1) is 11.8 Å². The van der Waals surface area contributed by atoms with E-state index in [0.29, 0.717) is 12.3 Å². The van der Waals surface area contributed by atoms with Gasteiger partial charge in [0.15, 0.2) is 0 Å². The van der Waals surface area contributed by atoms with Gasteiger partial charge in [-0.3, -0.25) is 4.79 Å². The third-order valence-corrected chi connectivity index (χ3v) is 3.53. The summed E-state index contributed by atoms with van der Waals surface area (Å²) in [7, 11) is 1.72. The van der Waals surface area contributed by atoms with E-state index in [2.05, 4.69) is 25.1 Å². The number of amides is 1. The average Bonchev–Trinajstić information content (AvgIpc) is 2.28. The van der Waals surface area contributed by atoms with Crippen molar-refractivity contribution in [2.75, 3.05) is 19.3 Å². The van der Waals surface area contributed by atoms with Gasteiger partial charge >= 0.3 is 0 Å². The van der Waals surface area contributed by atoms with Gasteiger partial charge in [0, 0.05) is 19.3 Å². The fourth-order valence-corrected chi connectivity index (χ4v) is 2.58. The lowest BCUT2D eigenvalue weighted by Crippen LogP contribution is -2.34. The van der Waals surface area contributed by atoms with Crippen LogP contribution >= 0.6 is 11.8 Å². The zero-order valence-corrected chi connectivity index (χ0v) is 12.0. The molecule has 1 aromatic carbocycles. The topological polar surface area (TPSA) is 40.5 Å². The van der Waals surface area contributed by atoms with Gasteiger partial charge in [-0.2, -0.15) is 0 Å². The van der Waals surface area contributed by atoms with Gasteiger partial charge in [0.05, 0.1) is 11.9 Å². The molecule has 4 heteroatoms. The Morgan fingerprint density at radius 2 is 2.22 bits per heavy atom. The molecule has 1 atom stereocenters. The van der Waals surface area contributed by atoms with Crippen LogP contribution in [0.3, 0.4) is 0 Å². The molecule has 0 spiro atoms. The van der Waals surface area contributed by atoms with Gasteiger partial charge < -0.3 is 10.0 Å². The van der Waals surface area contributed by atoms with Crippen molar-refractivity contribution < 1.29 is 9.90 Å². The molecule has 0 bridgehead atoms. The number of aliphatic hydroxyl groups excluding tert-OH is 1. The zero-order chi connectivity index (χ0) is 13.5. The number of hydrogen-bond acceptors (Lipinski definition) is 3. The van der Waals surface area contributed by atoms with E-state index < -0.39 is 6.10 Å². The quantitative estimate of drug-likeness (QED) is 0.858. The number of nitrogens with zero attached hydrogens (tertiary/aromatic N) is 1. The van der Waals surface area contributed by atoms with Crippen LogP contribution in [-0.4, -0.2) is 41.4 Å². The van der Waals surface area contributed by atoms with Crippen LogP contribution in [0.4, 0.5) is 0 Å². The lowest BCUT2D eigenvalue weighted by molar-refractivity contribution is -0.128. The maximum atomic E-state index is 11.7. The van der Waals surface area contributed by atoms with E-state index in [4.69, 9.17) is 0 Å². The number of likely N-dealkylation sites (N-methyl/N-ethyl adjacent to an activating group) is 1. The van der Waals surface area contributed by atoms with E-state index in [0.717, 1.165) is 5.75 Å². The standard InChI is InChI=1S/C14H21NO2S/c1-11-5-4-6-13(7-11)9-18-10-14(17)15(3)8-12(2)16/h4-7,12,16H,8-10H2,1-3H3. The lowest BCUT2D eigenvalue weighted by Gasteiger charge is -2.18. The summed E-state index contributed by atoms with van der Waals surface area (Å²) in [5.41, 5.74) is 2.48. The molecular formula is C14H21NO2S. The Labute approximate surface area is 113 Å². The molecule has 0 aliphatic rings. The fourth-order valence-electron chi connectivity index (χ4n) is 1.67. The third-order valence-electron chi connectivity index (χ3n) is 2.54. The maximum absolute atomic E-state index is 11.7. The van der Waals surface area contributed by atoms with Crippen LogP contribution in [0.25, 0.3) is 0 Å². The molecule has 3 nitrogen and oxygen atoms in total. The highest BCUT2D eigenvalue weighted by Gasteiger charge is 2.10. The van der Waals surface area contributed by atoms with Crippen LogP contribution in [0, 0.1) is 6.92 Å². The number of aryl methyl sites for hydroxylation is 1. The molecule has 1 N–H and O–H groups in total. The van der Waals surface area contributed by atoms with E-state index >= 15 is 0 Å². The first-order valence-electron chi connectivity index (χ1n) is 6.04. The smallest absolute Gasteiger partial charge is 0.232 e. The normalized spacial score (nSPS) is 12.2. The Kier molecular flexibility index (Phi) is 6.22. The Balaban J connectivity index is 2.31. The third kappa shape index (κ3) is 5.56. The van der Waals surface area contributed by atoms with Crippen LogP contribution in [0.2, 0.25) is 0 Å². The molecule has 1 rings (SSSR count). The molecule has 18 heavy (non-hydrogen) atoms. The SMILES string of the molecule is Cc1cccc(CSCC(=O)N(C)CC(C)O)c1. The predicted octanol–water partition coefficient (Wildman–Crippen LogP) is 2.07. The maximum Gasteiger partial charge on any atom is 0.232 e. The van der Waals surface area contributed by atoms with Crippen molar-refractivity contribution in [3.63, 3.8) is 0 Å². The van der Waals surface area contributed by atoms with Crippen LogP contribution in [0.15, 0.2) is 24.3 Å². The average molecular weight is 267 g/mol. The van der Waals surface area contributed by atoms with Gasteiger partial charge in [0.2, 0.25) is 5.91 Å². The van der Waals surface area contributed by atoms with E-state index in [1.165, 1.54) is 11.1 Å². The molecule has 1 amide bonds. The summed E-state index contributed by atoms with van der Waals surface area (Å²) in [6, 6.07) is 8.31. The Morgan fingerprint density at radius 1 is 1.50 bits per heavy atom. The van der Waals surface area contributed by atoms with Crippen LogP contribution in [-0.2, 0) is 10.5 Å². The van der Waals surface area contributed by atoms with Gasteiger partial charge in [0.25, 0.3) is 0 Å². The van der Waals surface area contributed by atoms with Crippen molar-refractivity contribution in [3.8, 4) is 0 Å². The second-order valence-electron chi connectivity index (χ2n) is 4.61. The number of benzene rings is 1. The molecule has 0 aliphatic carbocycles. The van der Waals surface area contributed by atoms with Gasteiger partial charge in [-0.25, -0.2) is 0 Å². The van der Waals surface area contributed by atoms with Crippen LogP contribution in [0.1, 0.15) is 18.1 Å². The molecule has 0 aliphatic heterocycles. The number of thioether (sulfide) groups is 1. The van der Waals surface area contributed by atoms with Gasteiger partial charge in [-0.1, -0.05) is 29.8 Å². The number of carbonyl (C=O) groups excluding carboxylic acids is 1. The van der Waals surface area contributed by atoms with Crippen LogP contribution in [0.5, 0.6) is 0 Å². The van der Waals surface area contributed by atoms with Crippen molar-refractivity contribution in [1.29, 1.82) is 0 Å². The number of aliphatic hydroxyl groups is 1. The predicted molar refractivity (Wildman–Crippen MR) is 76.7 cm³/mol. The van der Waals surface area contributed by atoms with E-state index in [9.17, 15) is 9.90 Å². The van der Waals surface area contributed by atoms with Crippen molar-refractivity contribution in [2.45, 2.75) is 25.7 Å². The van der Waals surface area contributed by atoms with Crippen molar-refractivity contribution >= 4 is 17.7 Å². The van der Waals surface area contributed by atoms with E-state index in [1.54, 1.807) is 30.6 Å². The second-order valence-corrected chi connectivity index (χ2v) is 5.59. The lowest BCUT2D eigenvalue weighted by atomic mass is 10.2. The summed E-state index contributed by atoms with van der Waals surface area (Å²) in [5.74, 6) is 1.36. The summed E-state index contributed by atoms with van der Waals surface area (Å²) < 4.78 is 0. The Morgan fingerprint density at radius 3 is 2.83 bits per heavy atom. The first-order chi connectivity index (χ1) is 8.49. The second kappa shape index (κ2) is 7.44. The molecule has 0 saturated heterocycles. The monoisotopic (exact) mass is 267 g/mol.